The summed E-state index contributed by atoms with van der Waals surface area (Å²) in [6, 6.07) is 3.60. The van der Waals surface area contributed by atoms with Gasteiger partial charge in [0.15, 0.2) is 6.29 Å². The van der Waals surface area contributed by atoms with Crippen LogP contribution in [0.4, 0.5) is 0 Å². The number of aldehydes is 1. The summed E-state index contributed by atoms with van der Waals surface area (Å²) in [5.41, 5.74) is 3.03. The number of benzene rings is 1. The van der Waals surface area contributed by atoms with Crippen molar-refractivity contribution in [1.82, 2.24) is 0 Å². The Morgan fingerprint density at radius 2 is 1.51 bits per heavy atom. The minimum Gasteiger partial charge on any atom is -0.507 e. The van der Waals surface area contributed by atoms with E-state index in [0.717, 1.165) is 36.2 Å². The smallest absolute Gasteiger partial charge is 0.306 e. The summed E-state index contributed by atoms with van der Waals surface area (Å²) in [6.07, 6.45) is 19.4. The zero-order valence-corrected chi connectivity index (χ0v) is 26.1. The molecule has 0 spiro atoms. The average molecular weight is 569 g/mol. The summed E-state index contributed by atoms with van der Waals surface area (Å²) in [4.78, 5) is 24.3. The van der Waals surface area contributed by atoms with E-state index in [9.17, 15) is 14.7 Å². The number of unbranched alkanes of at least 4 members (excludes halogenated alkanes) is 12. The summed E-state index contributed by atoms with van der Waals surface area (Å²) in [5, 5.41) is 11.0. The minimum atomic E-state index is -0.300. The third kappa shape index (κ3) is 12.2. The third-order valence-electron chi connectivity index (χ3n) is 7.51. The predicted molar refractivity (Wildman–Crippen MR) is 166 cm³/mol. The van der Waals surface area contributed by atoms with Gasteiger partial charge in [-0.1, -0.05) is 89.5 Å². The Balaban J connectivity index is 1.80. The molecular formula is C35H52O6. The van der Waals surface area contributed by atoms with Gasteiger partial charge in [-0.05, 0) is 51.0 Å². The second-order valence-corrected chi connectivity index (χ2v) is 11.4. The van der Waals surface area contributed by atoms with E-state index in [1.807, 2.05) is 32.9 Å². The van der Waals surface area contributed by atoms with Crippen molar-refractivity contribution < 1.29 is 28.6 Å². The Labute approximate surface area is 247 Å². The van der Waals surface area contributed by atoms with Crippen molar-refractivity contribution in [1.29, 1.82) is 0 Å². The molecule has 6 nitrogen and oxygen atoms in total. The van der Waals surface area contributed by atoms with Crippen LogP contribution in [0.1, 0.15) is 149 Å². The lowest BCUT2D eigenvalue weighted by Gasteiger charge is -2.16. The maximum Gasteiger partial charge on any atom is 0.306 e. The molecule has 1 N–H and O–H groups in total. The Morgan fingerprint density at radius 1 is 0.927 bits per heavy atom. The molecule has 0 radical (unpaired) electrons. The first-order valence-corrected chi connectivity index (χ1v) is 15.6. The molecule has 0 bridgehead atoms. The lowest BCUT2D eigenvalue weighted by molar-refractivity contribution is -0.145. The zero-order valence-electron chi connectivity index (χ0n) is 26.1. The van der Waals surface area contributed by atoms with Gasteiger partial charge in [0.2, 0.25) is 0 Å². The Bertz CT molecular complexity index is 1110. The molecule has 0 aliphatic rings. The highest BCUT2D eigenvalue weighted by molar-refractivity contribution is 5.84. The van der Waals surface area contributed by atoms with Gasteiger partial charge in [0.1, 0.15) is 29.6 Å². The molecule has 0 amide bonds. The normalized spacial score (nSPS) is 11.0. The van der Waals surface area contributed by atoms with E-state index in [-0.39, 0.29) is 30.3 Å². The van der Waals surface area contributed by atoms with E-state index in [1.54, 1.807) is 6.07 Å². The van der Waals surface area contributed by atoms with Gasteiger partial charge in [-0.15, -0.1) is 0 Å². The fourth-order valence-corrected chi connectivity index (χ4v) is 5.11. The van der Waals surface area contributed by atoms with E-state index >= 15 is 0 Å². The van der Waals surface area contributed by atoms with Crippen LogP contribution in [0.25, 0.3) is 6.08 Å². The number of hydrogen-bond donors (Lipinski definition) is 1. The molecule has 0 atom stereocenters. The number of furan rings is 1. The Morgan fingerprint density at radius 3 is 2.05 bits per heavy atom. The number of carbonyl (C=O) groups is 2. The van der Waals surface area contributed by atoms with E-state index in [0.29, 0.717) is 35.3 Å². The number of carbonyl (C=O) groups excluding carboxylic acids is 2. The van der Waals surface area contributed by atoms with Gasteiger partial charge in [0.05, 0.1) is 12.7 Å². The molecule has 6 heteroatoms. The third-order valence-corrected chi connectivity index (χ3v) is 7.51. The fraction of sp³-hybridized carbons (Fsp3) is 0.600. The van der Waals surface area contributed by atoms with E-state index in [4.69, 9.17) is 13.9 Å². The predicted octanol–water partition coefficient (Wildman–Crippen LogP) is 9.65. The zero-order chi connectivity index (χ0) is 30.0. The highest BCUT2D eigenvalue weighted by Crippen LogP contribution is 2.36. The maximum atomic E-state index is 12.4. The van der Waals surface area contributed by atoms with Crippen LogP contribution in [0.5, 0.6) is 11.5 Å². The summed E-state index contributed by atoms with van der Waals surface area (Å²) >= 11 is 0. The maximum absolute atomic E-state index is 12.4. The van der Waals surface area contributed by atoms with E-state index < -0.39 is 0 Å². The van der Waals surface area contributed by atoms with Gasteiger partial charge in [0.25, 0.3) is 0 Å². The lowest BCUT2D eigenvalue weighted by Crippen LogP contribution is -2.08. The number of phenolic OH excluding ortho intramolecular Hbond substituents is 1. The van der Waals surface area contributed by atoms with Crippen molar-refractivity contribution in [2.24, 2.45) is 0 Å². The van der Waals surface area contributed by atoms with Gasteiger partial charge in [0, 0.05) is 24.0 Å². The van der Waals surface area contributed by atoms with Crippen molar-refractivity contribution in [2.75, 3.05) is 7.11 Å². The molecule has 0 fully saturated rings. The van der Waals surface area contributed by atoms with E-state index in [2.05, 4.69) is 6.92 Å². The summed E-state index contributed by atoms with van der Waals surface area (Å²) < 4.78 is 17.0. The standard InChI is InChI=1S/C35H52O6/c1-6-7-8-9-10-11-12-13-14-15-16-17-18-19-34(37)40-25-28-22-33(39-5)30(35(38)31(28)24-36)23-32-27(4)21-29(41-32)20-26(2)3/h20-22,24,38H,6-19,23,25H2,1-5H3. The topological polar surface area (TPSA) is 86.0 Å². The van der Waals surface area contributed by atoms with Crippen LogP contribution in [-0.2, 0) is 22.6 Å². The number of ether oxygens (including phenoxy) is 2. The molecule has 0 unspecified atom stereocenters. The number of aromatic hydroxyl groups is 1. The number of esters is 1. The molecule has 0 aliphatic heterocycles. The molecule has 41 heavy (non-hydrogen) atoms. The van der Waals surface area contributed by atoms with Gasteiger partial charge in [-0.3, -0.25) is 9.59 Å². The summed E-state index contributed by atoms with van der Waals surface area (Å²) in [5.74, 6) is 1.35. The molecule has 228 valence electrons. The van der Waals surface area contributed by atoms with Crippen LogP contribution >= 0.6 is 0 Å². The van der Waals surface area contributed by atoms with Crippen LogP contribution in [0.15, 0.2) is 22.1 Å². The van der Waals surface area contributed by atoms with Gasteiger partial charge >= 0.3 is 5.97 Å². The lowest BCUT2D eigenvalue weighted by atomic mass is 9.98. The average Bonchev–Trinajstić information content (AvgIpc) is 3.28. The quantitative estimate of drug-likeness (QED) is 0.0916. The van der Waals surface area contributed by atoms with Crippen LogP contribution in [0, 0.1) is 6.92 Å². The molecule has 0 aliphatic carbocycles. The first-order valence-electron chi connectivity index (χ1n) is 15.6. The summed E-state index contributed by atoms with van der Waals surface area (Å²) in [6.45, 7) is 8.08. The second-order valence-electron chi connectivity index (χ2n) is 11.4. The molecule has 2 aromatic rings. The van der Waals surface area contributed by atoms with Crippen molar-refractivity contribution in [3.8, 4) is 11.5 Å². The number of phenols is 1. The molecule has 2 rings (SSSR count). The van der Waals surface area contributed by atoms with Crippen LogP contribution in [-0.4, -0.2) is 24.5 Å². The van der Waals surface area contributed by atoms with Crippen molar-refractivity contribution in [2.45, 2.75) is 131 Å². The largest absolute Gasteiger partial charge is 0.507 e. The summed E-state index contributed by atoms with van der Waals surface area (Å²) in [7, 11) is 1.51. The molecule has 0 saturated carbocycles. The molecule has 0 saturated heterocycles. The number of allylic oxidation sites excluding steroid dienone is 1. The molecule has 1 aromatic carbocycles. The number of aryl methyl sites for hydroxylation is 1. The Kier molecular flexibility index (Phi) is 16.0. The fourth-order valence-electron chi connectivity index (χ4n) is 5.11. The van der Waals surface area contributed by atoms with Crippen molar-refractivity contribution in [3.05, 3.63) is 51.5 Å². The SMILES string of the molecule is CCCCCCCCCCCCCCCC(=O)OCc1cc(OC)c(Cc2oc(C=C(C)C)cc2C)c(O)c1C=O. The van der Waals surface area contributed by atoms with E-state index in [1.165, 1.54) is 71.3 Å². The molecule has 1 aromatic heterocycles. The number of rotatable bonds is 21. The van der Waals surface area contributed by atoms with Gasteiger partial charge in [-0.2, -0.15) is 0 Å². The van der Waals surface area contributed by atoms with Crippen LogP contribution in [0.3, 0.4) is 0 Å². The monoisotopic (exact) mass is 568 g/mol. The number of hydrogen-bond acceptors (Lipinski definition) is 6. The minimum absolute atomic E-state index is 0.0972. The first kappa shape index (κ1) is 34.2. The number of methoxy groups -OCH3 is 1. The first-order chi connectivity index (χ1) is 19.8. The van der Waals surface area contributed by atoms with Crippen LogP contribution < -0.4 is 4.74 Å². The highest BCUT2D eigenvalue weighted by atomic mass is 16.5. The van der Waals surface area contributed by atoms with Crippen LogP contribution in [0.2, 0.25) is 0 Å². The van der Waals surface area contributed by atoms with Crippen molar-refractivity contribution >= 4 is 18.3 Å². The van der Waals surface area contributed by atoms with Crippen molar-refractivity contribution in [3.63, 3.8) is 0 Å². The molecular weight excluding hydrogens is 516 g/mol. The van der Waals surface area contributed by atoms with Gasteiger partial charge < -0.3 is 19.0 Å². The van der Waals surface area contributed by atoms with Gasteiger partial charge in [-0.25, -0.2) is 0 Å². The highest BCUT2D eigenvalue weighted by Gasteiger charge is 2.21. The molecule has 1 heterocycles. The Hall–Kier alpha value is -3.02. The second kappa shape index (κ2) is 19.2.